The van der Waals surface area contributed by atoms with Crippen molar-refractivity contribution < 1.29 is 0 Å². The fraction of sp³-hybridized carbons (Fsp3) is 0.333. The summed E-state index contributed by atoms with van der Waals surface area (Å²) >= 11 is 1.67. The van der Waals surface area contributed by atoms with Gasteiger partial charge in [-0.2, -0.15) is 11.3 Å². The van der Waals surface area contributed by atoms with E-state index >= 15 is 0 Å². The van der Waals surface area contributed by atoms with Crippen LogP contribution >= 0.6 is 11.3 Å². The molecule has 6 heteroatoms. The summed E-state index contributed by atoms with van der Waals surface area (Å²) in [5.41, 5.74) is 6.78. The molecular weight excluding hydrogens is 210 g/mol. The van der Waals surface area contributed by atoms with E-state index in [0.29, 0.717) is 18.5 Å². The SMILES string of the molecule is CC1N=C(N)NC(=NCc2ccsc2)N1. The minimum atomic E-state index is -0.0209. The van der Waals surface area contributed by atoms with Crippen LogP contribution in [0, 0.1) is 0 Å². The molecule has 2 heterocycles. The number of nitrogens with one attached hydrogen (secondary N) is 2. The number of hydrogen-bond acceptors (Lipinski definition) is 4. The molecule has 4 N–H and O–H groups in total. The Morgan fingerprint density at radius 3 is 3.20 bits per heavy atom. The molecule has 0 bridgehead atoms. The molecule has 0 spiro atoms. The summed E-state index contributed by atoms with van der Waals surface area (Å²) in [5, 5.41) is 10.1. The summed E-state index contributed by atoms with van der Waals surface area (Å²) < 4.78 is 0. The highest BCUT2D eigenvalue weighted by atomic mass is 32.1. The van der Waals surface area contributed by atoms with E-state index in [1.807, 2.05) is 12.3 Å². The Bertz CT molecular complexity index is 381. The smallest absolute Gasteiger partial charge is 0.200 e. The van der Waals surface area contributed by atoms with Gasteiger partial charge in [-0.05, 0) is 29.3 Å². The Balaban J connectivity index is 2.00. The molecule has 1 aromatic rings. The van der Waals surface area contributed by atoms with Crippen LogP contribution in [0.2, 0.25) is 0 Å². The zero-order valence-electron chi connectivity index (χ0n) is 8.40. The summed E-state index contributed by atoms with van der Waals surface area (Å²) in [6.07, 6.45) is -0.0209. The second-order valence-corrected chi connectivity index (χ2v) is 4.04. The highest BCUT2D eigenvalue weighted by Crippen LogP contribution is 2.06. The van der Waals surface area contributed by atoms with Crippen molar-refractivity contribution in [3.05, 3.63) is 22.4 Å². The van der Waals surface area contributed by atoms with Crippen LogP contribution in [0.15, 0.2) is 26.8 Å². The van der Waals surface area contributed by atoms with E-state index in [1.165, 1.54) is 5.56 Å². The highest BCUT2D eigenvalue weighted by Gasteiger charge is 2.11. The number of nitrogens with two attached hydrogens (primary N) is 1. The normalized spacial score (nSPS) is 23.1. The molecule has 0 fully saturated rings. The van der Waals surface area contributed by atoms with Crippen molar-refractivity contribution in [2.75, 3.05) is 0 Å². The Labute approximate surface area is 92.1 Å². The molecule has 1 aliphatic rings. The van der Waals surface area contributed by atoms with Gasteiger partial charge in [-0.3, -0.25) is 5.32 Å². The van der Waals surface area contributed by atoms with Crippen molar-refractivity contribution in [3.8, 4) is 0 Å². The molecule has 80 valence electrons. The molecule has 0 saturated carbocycles. The molecule has 0 saturated heterocycles. The lowest BCUT2D eigenvalue weighted by Gasteiger charge is -2.20. The van der Waals surface area contributed by atoms with Gasteiger partial charge in [0.1, 0.15) is 6.17 Å². The molecule has 0 radical (unpaired) electrons. The van der Waals surface area contributed by atoms with Crippen molar-refractivity contribution >= 4 is 23.3 Å². The molecule has 0 aromatic carbocycles. The van der Waals surface area contributed by atoms with Crippen LogP contribution < -0.4 is 16.4 Å². The van der Waals surface area contributed by atoms with Crippen LogP contribution in [-0.4, -0.2) is 18.1 Å². The third kappa shape index (κ3) is 2.69. The fourth-order valence-corrected chi connectivity index (χ4v) is 1.93. The largest absolute Gasteiger partial charge is 0.370 e. The molecule has 15 heavy (non-hydrogen) atoms. The average molecular weight is 223 g/mol. The molecule has 1 aliphatic heterocycles. The minimum absolute atomic E-state index is 0.0209. The number of guanidine groups is 2. The second kappa shape index (κ2) is 4.31. The van der Waals surface area contributed by atoms with Gasteiger partial charge in [-0.15, -0.1) is 0 Å². The first-order valence-electron chi connectivity index (χ1n) is 4.66. The number of hydrogen-bond donors (Lipinski definition) is 3. The molecule has 2 rings (SSSR count). The van der Waals surface area contributed by atoms with Crippen LogP contribution in [0.5, 0.6) is 0 Å². The van der Waals surface area contributed by atoms with E-state index in [-0.39, 0.29) is 6.17 Å². The van der Waals surface area contributed by atoms with Gasteiger partial charge in [0.25, 0.3) is 0 Å². The van der Waals surface area contributed by atoms with Crippen molar-refractivity contribution in [2.24, 2.45) is 15.7 Å². The third-order valence-corrected chi connectivity index (χ3v) is 2.66. The van der Waals surface area contributed by atoms with E-state index in [4.69, 9.17) is 5.73 Å². The molecule has 0 amide bonds. The van der Waals surface area contributed by atoms with Crippen LogP contribution in [0.4, 0.5) is 0 Å². The molecule has 1 aromatic heterocycles. The van der Waals surface area contributed by atoms with Gasteiger partial charge < -0.3 is 11.1 Å². The minimum Gasteiger partial charge on any atom is -0.370 e. The van der Waals surface area contributed by atoms with Gasteiger partial charge in [0.15, 0.2) is 11.9 Å². The third-order valence-electron chi connectivity index (χ3n) is 1.92. The fourth-order valence-electron chi connectivity index (χ4n) is 1.27. The first-order valence-corrected chi connectivity index (χ1v) is 5.60. The first kappa shape index (κ1) is 9.97. The summed E-state index contributed by atoms with van der Waals surface area (Å²) in [6, 6.07) is 2.05. The molecule has 1 unspecified atom stereocenters. The van der Waals surface area contributed by atoms with E-state index in [1.54, 1.807) is 11.3 Å². The maximum atomic E-state index is 5.58. The van der Waals surface area contributed by atoms with E-state index in [2.05, 4.69) is 32.1 Å². The maximum absolute atomic E-state index is 5.58. The van der Waals surface area contributed by atoms with Gasteiger partial charge in [-0.25, -0.2) is 9.98 Å². The zero-order chi connectivity index (χ0) is 10.7. The number of rotatable bonds is 2. The van der Waals surface area contributed by atoms with Crippen LogP contribution in [0.25, 0.3) is 0 Å². The monoisotopic (exact) mass is 223 g/mol. The number of thiophene rings is 1. The standard InChI is InChI=1S/C9H13N5S/c1-6-12-8(10)14-9(13-6)11-4-7-2-3-15-5-7/h2-3,5-6H,4H2,1H3,(H4,10,11,12,13,14). The lowest BCUT2D eigenvalue weighted by molar-refractivity contribution is 0.663. The van der Waals surface area contributed by atoms with Crippen LogP contribution in [-0.2, 0) is 6.54 Å². The lowest BCUT2D eigenvalue weighted by atomic mass is 10.3. The highest BCUT2D eigenvalue weighted by molar-refractivity contribution is 7.07. The Morgan fingerprint density at radius 1 is 1.67 bits per heavy atom. The molecule has 1 atom stereocenters. The predicted molar refractivity (Wildman–Crippen MR) is 62.8 cm³/mol. The topological polar surface area (TPSA) is 74.8 Å². The summed E-state index contributed by atoms with van der Waals surface area (Å²) in [5.74, 6) is 1.09. The number of aliphatic imine (C=N–C) groups is 2. The Hall–Kier alpha value is -1.56. The van der Waals surface area contributed by atoms with Gasteiger partial charge in [0.2, 0.25) is 0 Å². The maximum Gasteiger partial charge on any atom is 0.200 e. The number of nitrogens with zero attached hydrogens (tertiary/aromatic N) is 2. The predicted octanol–water partition coefficient (Wildman–Crippen LogP) is 0.458. The van der Waals surface area contributed by atoms with Crippen molar-refractivity contribution in [1.29, 1.82) is 0 Å². The van der Waals surface area contributed by atoms with Gasteiger partial charge >= 0.3 is 0 Å². The van der Waals surface area contributed by atoms with Crippen LogP contribution in [0.1, 0.15) is 12.5 Å². The Morgan fingerprint density at radius 2 is 2.53 bits per heavy atom. The molecule has 0 aliphatic carbocycles. The summed E-state index contributed by atoms with van der Waals surface area (Å²) in [7, 11) is 0. The second-order valence-electron chi connectivity index (χ2n) is 3.26. The van der Waals surface area contributed by atoms with E-state index in [0.717, 1.165) is 0 Å². The summed E-state index contributed by atoms with van der Waals surface area (Å²) in [6.45, 7) is 2.58. The van der Waals surface area contributed by atoms with Crippen molar-refractivity contribution in [3.63, 3.8) is 0 Å². The van der Waals surface area contributed by atoms with Crippen molar-refractivity contribution in [2.45, 2.75) is 19.6 Å². The van der Waals surface area contributed by atoms with Crippen LogP contribution in [0.3, 0.4) is 0 Å². The first-order chi connectivity index (χ1) is 7.24. The summed E-state index contributed by atoms with van der Waals surface area (Å²) in [4.78, 5) is 8.44. The van der Waals surface area contributed by atoms with E-state index < -0.39 is 0 Å². The molecular formula is C9H13N5S. The lowest BCUT2D eigenvalue weighted by Crippen LogP contribution is -2.52. The zero-order valence-corrected chi connectivity index (χ0v) is 9.21. The Kier molecular flexibility index (Phi) is 2.86. The van der Waals surface area contributed by atoms with Gasteiger partial charge in [0, 0.05) is 0 Å². The molecule has 5 nitrogen and oxygen atoms in total. The average Bonchev–Trinajstić information content (AvgIpc) is 2.65. The van der Waals surface area contributed by atoms with Gasteiger partial charge in [0.05, 0.1) is 6.54 Å². The van der Waals surface area contributed by atoms with Crippen molar-refractivity contribution in [1.82, 2.24) is 10.6 Å². The quantitative estimate of drug-likeness (QED) is 0.681. The van der Waals surface area contributed by atoms with E-state index in [9.17, 15) is 0 Å². The van der Waals surface area contributed by atoms with Gasteiger partial charge in [-0.1, -0.05) is 0 Å².